The van der Waals surface area contributed by atoms with Crippen molar-refractivity contribution in [3.8, 4) is 11.3 Å². The van der Waals surface area contributed by atoms with Crippen molar-refractivity contribution < 1.29 is 18.7 Å². The zero-order chi connectivity index (χ0) is 19.8. The summed E-state index contributed by atoms with van der Waals surface area (Å²) in [5.74, 6) is 1.23. The van der Waals surface area contributed by atoms with Crippen molar-refractivity contribution in [3.63, 3.8) is 0 Å². The van der Waals surface area contributed by atoms with Gasteiger partial charge < -0.3 is 18.8 Å². The van der Waals surface area contributed by atoms with Gasteiger partial charge in [0.15, 0.2) is 11.7 Å². The van der Waals surface area contributed by atoms with Crippen LogP contribution >= 0.6 is 11.6 Å². The molecule has 7 heteroatoms. The van der Waals surface area contributed by atoms with E-state index in [1.54, 1.807) is 6.20 Å². The molecule has 2 aromatic rings. The molecular weight excluding hydrogens is 380 g/mol. The van der Waals surface area contributed by atoms with Crippen molar-refractivity contribution in [2.75, 3.05) is 26.3 Å². The Hall–Kier alpha value is -1.89. The fourth-order valence-electron chi connectivity index (χ4n) is 4.07. The van der Waals surface area contributed by atoms with E-state index in [-0.39, 0.29) is 17.1 Å². The van der Waals surface area contributed by atoms with Crippen LogP contribution in [0.4, 0.5) is 0 Å². The molecule has 0 aliphatic carbocycles. The summed E-state index contributed by atoms with van der Waals surface area (Å²) >= 11 is 6.21. The maximum atomic E-state index is 12.9. The molecule has 0 N–H and O–H groups in total. The number of hydrogen-bond donors (Lipinski definition) is 0. The lowest BCUT2D eigenvalue weighted by Crippen LogP contribution is -2.61. The Morgan fingerprint density at radius 2 is 2.11 bits per heavy atom. The largest absolute Gasteiger partial charge is 0.441 e. The monoisotopic (exact) mass is 404 g/mol. The zero-order valence-electron chi connectivity index (χ0n) is 16.2. The maximum Gasteiger partial charge on any atom is 0.223 e. The quantitative estimate of drug-likeness (QED) is 0.776. The minimum absolute atomic E-state index is 0.0835. The second kappa shape index (κ2) is 7.50. The molecule has 0 radical (unpaired) electrons. The summed E-state index contributed by atoms with van der Waals surface area (Å²) in [5, 5.41) is 0.612. The number of oxazole rings is 1. The number of amides is 1. The highest BCUT2D eigenvalue weighted by molar-refractivity contribution is 6.33. The van der Waals surface area contributed by atoms with Crippen LogP contribution < -0.4 is 0 Å². The Morgan fingerprint density at radius 3 is 2.86 bits per heavy atom. The van der Waals surface area contributed by atoms with Crippen LogP contribution in [0.15, 0.2) is 34.9 Å². The highest BCUT2D eigenvalue weighted by atomic mass is 35.5. The molecule has 150 valence electrons. The Morgan fingerprint density at radius 1 is 1.29 bits per heavy atom. The zero-order valence-corrected chi connectivity index (χ0v) is 17.0. The minimum atomic E-state index is -0.387. The van der Waals surface area contributed by atoms with Crippen molar-refractivity contribution >= 4 is 17.5 Å². The molecule has 6 nitrogen and oxygen atoms in total. The van der Waals surface area contributed by atoms with Crippen molar-refractivity contribution in [1.29, 1.82) is 0 Å². The number of ether oxygens (including phenoxy) is 2. The molecule has 3 heterocycles. The lowest BCUT2D eigenvalue weighted by Gasteiger charge is -2.48. The molecule has 1 atom stereocenters. The van der Waals surface area contributed by atoms with Crippen molar-refractivity contribution in [3.05, 3.63) is 41.4 Å². The van der Waals surface area contributed by atoms with Gasteiger partial charge in [0.05, 0.1) is 30.0 Å². The molecule has 28 heavy (non-hydrogen) atoms. The Labute approximate surface area is 169 Å². The van der Waals surface area contributed by atoms with E-state index >= 15 is 0 Å². The van der Waals surface area contributed by atoms with Gasteiger partial charge in [-0.25, -0.2) is 4.98 Å². The van der Waals surface area contributed by atoms with Gasteiger partial charge in [0.1, 0.15) is 5.60 Å². The minimum Gasteiger partial charge on any atom is -0.441 e. The van der Waals surface area contributed by atoms with E-state index in [0.717, 1.165) is 12.0 Å². The number of aryl methyl sites for hydroxylation is 1. The third kappa shape index (κ3) is 4.09. The van der Waals surface area contributed by atoms with Gasteiger partial charge in [0, 0.05) is 38.0 Å². The number of benzene rings is 1. The number of hydrogen-bond acceptors (Lipinski definition) is 5. The highest BCUT2D eigenvalue weighted by Crippen LogP contribution is 2.35. The van der Waals surface area contributed by atoms with Gasteiger partial charge in [0.2, 0.25) is 5.91 Å². The van der Waals surface area contributed by atoms with Crippen LogP contribution in [0.1, 0.15) is 32.6 Å². The first-order valence-electron chi connectivity index (χ1n) is 9.61. The second-order valence-electron chi connectivity index (χ2n) is 8.20. The lowest BCUT2D eigenvalue weighted by molar-refractivity contribution is -0.199. The van der Waals surface area contributed by atoms with Gasteiger partial charge in [-0.05, 0) is 26.0 Å². The topological polar surface area (TPSA) is 64.8 Å². The summed E-state index contributed by atoms with van der Waals surface area (Å²) in [6.45, 7) is 6.42. The lowest BCUT2D eigenvalue weighted by atomic mass is 9.94. The number of rotatable bonds is 4. The number of morpholine rings is 1. The molecule has 2 aliphatic rings. The van der Waals surface area contributed by atoms with Crippen molar-refractivity contribution in [2.24, 2.45) is 0 Å². The summed E-state index contributed by atoms with van der Waals surface area (Å²) in [6, 6.07) is 7.46. The van der Waals surface area contributed by atoms with Crippen LogP contribution in [0.5, 0.6) is 0 Å². The fourth-order valence-corrected chi connectivity index (χ4v) is 4.30. The molecular formula is C21H25ClN2O4. The van der Waals surface area contributed by atoms with Crippen LogP contribution in [-0.2, 0) is 20.7 Å². The van der Waals surface area contributed by atoms with Crippen LogP contribution in [-0.4, -0.2) is 53.3 Å². The van der Waals surface area contributed by atoms with Crippen LogP contribution in [0, 0.1) is 0 Å². The van der Waals surface area contributed by atoms with Gasteiger partial charge in [-0.15, -0.1) is 0 Å². The third-order valence-corrected chi connectivity index (χ3v) is 5.54. The highest BCUT2D eigenvalue weighted by Gasteiger charge is 2.47. The van der Waals surface area contributed by atoms with Crippen LogP contribution in [0.3, 0.4) is 0 Å². The molecule has 1 unspecified atom stereocenters. The number of carbonyl (C=O) groups is 1. The third-order valence-electron chi connectivity index (χ3n) is 5.21. The summed E-state index contributed by atoms with van der Waals surface area (Å²) in [4.78, 5) is 19.1. The number of carbonyl (C=O) groups excluding carboxylic acids is 1. The number of nitrogens with zero attached hydrogens (tertiary/aromatic N) is 2. The number of aromatic nitrogens is 1. The predicted octanol–water partition coefficient (Wildman–Crippen LogP) is 3.72. The SMILES string of the molecule is CC1(C)CN(C(=O)CCc2ncc(-c3ccccc3Cl)o2)CC2(CCOC2)O1. The van der Waals surface area contributed by atoms with Gasteiger partial charge in [-0.3, -0.25) is 4.79 Å². The molecule has 2 fully saturated rings. The molecule has 2 saturated heterocycles. The van der Waals surface area contributed by atoms with E-state index in [2.05, 4.69) is 4.98 Å². The summed E-state index contributed by atoms with van der Waals surface area (Å²) in [6.07, 6.45) is 3.27. The van der Waals surface area contributed by atoms with Gasteiger partial charge in [0.25, 0.3) is 0 Å². The summed E-state index contributed by atoms with van der Waals surface area (Å²) < 4.78 is 17.6. The van der Waals surface area contributed by atoms with Crippen LogP contribution in [0.2, 0.25) is 5.02 Å². The van der Waals surface area contributed by atoms with Crippen LogP contribution in [0.25, 0.3) is 11.3 Å². The molecule has 2 aliphatic heterocycles. The van der Waals surface area contributed by atoms with Gasteiger partial charge in [-0.2, -0.15) is 0 Å². The molecule has 1 amide bonds. The standard InChI is InChI=1S/C21H25ClN2O4/c1-20(2)12-24(13-21(28-20)9-10-26-14-21)19(25)8-7-18-23-11-17(27-18)15-5-3-4-6-16(15)22/h3-6,11H,7-10,12-14H2,1-2H3. The molecule has 4 rings (SSSR count). The normalized spacial score (nSPS) is 24.0. The van der Waals surface area contributed by atoms with Gasteiger partial charge in [-0.1, -0.05) is 23.7 Å². The van der Waals surface area contributed by atoms with E-state index in [0.29, 0.717) is 55.8 Å². The Balaban J connectivity index is 1.40. The number of halogens is 1. The predicted molar refractivity (Wildman–Crippen MR) is 105 cm³/mol. The van der Waals surface area contributed by atoms with Crippen molar-refractivity contribution in [1.82, 2.24) is 9.88 Å². The first-order valence-corrected chi connectivity index (χ1v) is 9.99. The first kappa shape index (κ1) is 19.4. The van der Waals surface area contributed by atoms with Crippen molar-refractivity contribution in [2.45, 2.75) is 44.3 Å². The molecule has 1 aromatic carbocycles. The molecule has 1 spiro atoms. The Bertz CT molecular complexity index is 858. The second-order valence-corrected chi connectivity index (χ2v) is 8.60. The molecule has 0 bridgehead atoms. The fraction of sp³-hybridized carbons (Fsp3) is 0.524. The van der Waals surface area contributed by atoms with E-state index < -0.39 is 0 Å². The first-order chi connectivity index (χ1) is 13.4. The van der Waals surface area contributed by atoms with E-state index in [4.69, 9.17) is 25.5 Å². The van der Waals surface area contributed by atoms with E-state index in [9.17, 15) is 4.79 Å². The van der Waals surface area contributed by atoms with E-state index in [1.165, 1.54) is 0 Å². The smallest absolute Gasteiger partial charge is 0.223 e. The van der Waals surface area contributed by atoms with Gasteiger partial charge >= 0.3 is 0 Å². The molecule has 0 saturated carbocycles. The average Bonchev–Trinajstić information content (AvgIpc) is 3.28. The summed E-state index contributed by atoms with van der Waals surface area (Å²) in [5.41, 5.74) is 0.0339. The Kier molecular flexibility index (Phi) is 5.21. The van der Waals surface area contributed by atoms with E-state index in [1.807, 2.05) is 43.0 Å². The molecule has 1 aromatic heterocycles. The average molecular weight is 405 g/mol. The summed E-state index contributed by atoms with van der Waals surface area (Å²) in [7, 11) is 0. The maximum absolute atomic E-state index is 12.9.